The van der Waals surface area contributed by atoms with Crippen LogP contribution in [0.15, 0.2) is 84.4 Å². The van der Waals surface area contributed by atoms with Gasteiger partial charge in [-0.15, -0.1) is 0 Å². The maximum absolute atomic E-state index is 13.2. The monoisotopic (exact) mass is 472 g/mol. The van der Waals surface area contributed by atoms with E-state index in [0.717, 1.165) is 12.0 Å². The van der Waals surface area contributed by atoms with Crippen molar-refractivity contribution >= 4 is 23.1 Å². The molecule has 8 nitrogen and oxygen atoms in total. The third kappa shape index (κ3) is 4.91. The lowest BCUT2D eigenvalue weighted by molar-refractivity contribution is -0.384. The number of nitrogens with zero attached hydrogens (tertiary/aromatic N) is 2. The van der Waals surface area contributed by atoms with Gasteiger partial charge in [-0.2, -0.15) is 0 Å². The van der Waals surface area contributed by atoms with Gasteiger partial charge in [0.1, 0.15) is 11.5 Å². The van der Waals surface area contributed by atoms with Crippen molar-refractivity contribution in [2.24, 2.45) is 0 Å². The van der Waals surface area contributed by atoms with Crippen LogP contribution < -0.4 is 4.74 Å². The number of amides is 1. The van der Waals surface area contributed by atoms with E-state index < -0.39 is 22.7 Å². The molecule has 0 aliphatic carbocycles. The van der Waals surface area contributed by atoms with Gasteiger partial charge in [-0.25, -0.2) is 0 Å². The number of hydrogen-bond donors (Lipinski definition) is 1. The highest BCUT2D eigenvalue weighted by atomic mass is 16.6. The first-order valence-corrected chi connectivity index (χ1v) is 11.2. The van der Waals surface area contributed by atoms with Gasteiger partial charge in [0.15, 0.2) is 0 Å². The topological polar surface area (TPSA) is 110 Å². The number of aliphatic hydroxyl groups excluding tert-OH is 1. The van der Waals surface area contributed by atoms with Crippen LogP contribution in [0.3, 0.4) is 0 Å². The Hall–Kier alpha value is -4.46. The van der Waals surface area contributed by atoms with E-state index in [9.17, 15) is 24.8 Å². The standard InChI is InChI=1S/C27H24N2O6/c1-2-14-35-22-13-7-11-20(16-22)25(30)23-24(19-10-6-12-21(15-19)29(33)34)28(27(32)26(23)31)17-18-8-4-3-5-9-18/h3-13,15-16,24,30H,2,14,17H2,1H3/b25-23+. The Morgan fingerprint density at radius 1 is 1.03 bits per heavy atom. The van der Waals surface area contributed by atoms with E-state index in [-0.39, 0.29) is 23.6 Å². The molecule has 8 heteroatoms. The molecule has 3 aromatic carbocycles. The second kappa shape index (κ2) is 10.2. The van der Waals surface area contributed by atoms with Gasteiger partial charge in [0.05, 0.1) is 23.1 Å². The van der Waals surface area contributed by atoms with E-state index in [1.54, 1.807) is 30.3 Å². The van der Waals surface area contributed by atoms with Crippen LogP contribution in [0.2, 0.25) is 0 Å². The minimum absolute atomic E-state index is 0.0925. The van der Waals surface area contributed by atoms with Crippen molar-refractivity contribution in [2.75, 3.05) is 6.61 Å². The summed E-state index contributed by atoms with van der Waals surface area (Å²) in [6, 6.07) is 20.5. The van der Waals surface area contributed by atoms with Gasteiger partial charge in [-0.1, -0.05) is 61.5 Å². The lowest BCUT2D eigenvalue weighted by Gasteiger charge is -2.25. The molecule has 1 heterocycles. The minimum atomic E-state index is -1.00. The molecule has 1 amide bonds. The van der Waals surface area contributed by atoms with Crippen molar-refractivity contribution in [3.63, 3.8) is 0 Å². The highest BCUT2D eigenvalue weighted by molar-refractivity contribution is 6.46. The number of likely N-dealkylation sites (tertiary alicyclic amines) is 1. The Kier molecular flexibility index (Phi) is 6.91. The van der Waals surface area contributed by atoms with E-state index in [1.807, 2.05) is 37.3 Å². The molecule has 3 aromatic rings. The average Bonchev–Trinajstić information content (AvgIpc) is 3.12. The van der Waals surface area contributed by atoms with Crippen LogP contribution in [-0.4, -0.2) is 33.2 Å². The van der Waals surface area contributed by atoms with Crippen molar-refractivity contribution in [2.45, 2.75) is 25.9 Å². The number of carbonyl (C=O) groups excluding carboxylic acids is 2. The molecule has 4 rings (SSSR count). The van der Waals surface area contributed by atoms with Crippen LogP contribution in [0.5, 0.6) is 5.75 Å². The minimum Gasteiger partial charge on any atom is -0.507 e. The predicted molar refractivity (Wildman–Crippen MR) is 130 cm³/mol. The first kappa shape index (κ1) is 23.7. The highest BCUT2D eigenvalue weighted by Crippen LogP contribution is 2.41. The van der Waals surface area contributed by atoms with Gasteiger partial charge in [-0.3, -0.25) is 19.7 Å². The van der Waals surface area contributed by atoms with E-state index >= 15 is 0 Å². The number of nitro benzene ring substituents is 1. The van der Waals surface area contributed by atoms with E-state index in [2.05, 4.69) is 0 Å². The van der Waals surface area contributed by atoms with Crippen LogP contribution in [0, 0.1) is 10.1 Å². The second-order valence-corrected chi connectivity index (χ2v) is 8.14. The largest absolute Gasteiger partial charge is 0.507 e. The van der Waals surface area contributed by atoms with E-state index in [0.29, 0.717) is 23.5 Å². The summed E-state index contributed by atoms with van der Waals surface area (Å²) in [5.74, 6) is -1.49. The molecule has 1 N–H and O–H groups in total. The molecular weight excluding hydrogens is 448 g/mol. The summed E-state index contributed by atoms with van der Waals surface area (Å²) in [7, 11) is 0. The summed E-state index contributed by atoms with van der Waals surface area (Å²) >= 11 is 0. The van der Waals surface area contributed by atoms with Gasteiger partial charge in [0, 0.05) is 24.2 Å². The summed E-state index contributed by atoms with van der Waals surface area (Å²) in [4.78, 5) is 38.6. The normalized spacial score (nSPS) is 16.9. The first-order chi connectivity index (χ1) is 16.9. The summed E-state index contributed by atoms with van der Waals surface area (Å²) in [6.45, 7) is 2.55. The number of carbonyl (C=O) groups is 2. The Labute approximate surface area is 202 Å². The molecular formula is C27H24N2O6. The van der Waals surface area contributed by atoms with Crippen LogP contribution in [0.4, 0.5) is 5.69 Å². The summed E-state index contributed by atoms with van der Waals surface area (Å²) < 4.78 is 5.64. The van der Waals surface area contributed by atoms with Gasteiger partial charge in [0.25, 0.3) is 17.4 Å². The van der Waals surface area contributed by atoms with Crippen molar-refractivity contribution in [3.05, 3.63) is 111 Å². The molecule has 1 unspecified atom stereocenters. The SMILES string of the molecule is CCCOc1cccc(/C(O)=C2\C(=O)C(=O)N(Cc3ccccc3)C2c2cccc([N+](=O)[O-])c2)c1. The van der Waals surface area contributed by atoms with E-state index in [4.69, 9.17) is 4.74 Å². The zero-order chi connectivity index (χ0) is 24.9. The number of ketones is 1. The van der Waals surface area contributed by atoms with Gasteiger partial charge >= 0.3 is 0 Å². The number of nitro groups is 1. The average molecular weight is 472 g/mol. The van der Waals surface area contributed by atoms with E-state index in [1.165, 1.54) is 23.1 Å². The molecule has 0 aromatic heterocycles. The van der Waals surface area contributed by atoms with Crippen molar-refractivity contribution in [3.8, 4) is 5.75 Å². The van der Waals surface area contributed by atoms with Crippen molar-refractivity contribution in [1.29, 1.82) is 0 Å². The third-order valence-electron chi connectivity index (χ3n) is 5.71. The lowest BCUT2D eigenvalue weighted by atomic mass is 9.94. The predicted octanol–water partition coefficient (Wildman–Crippen LogP) is 5.01. The zero-order valence-electron chi connectivity index (χ0n) is 19.1. The zero-order valence-corrected chi connectivity index (χ0v) is 19.1. The molecule has 178 valence electrons. The smallest absolute Gasteiger partial charge is 0.295 e. The number of Topliss-reactive ketones (excluding diaryl/α,β-unsaturated/α-hetero) is 1. The molecule has 0 spiro atoms. The maximum atomic E-state index is 13.2. The number of ether oxygens (including phenoxy) is 1. The molecule has 1 aliphatic heterocycles. The number of benzene rings is 3. The molecule has 1 saturated heterocycles. The highest BCUT2D eigenvalue weighted by Gasteiger charge is 2.46. The number of non-ortho nitro benzene ring substituents is 1. The molecule has 1 aliphatic rings. The molecule has 35 heavy (non-hydrogen) atoms. The quantitative estimate of drug-likeness (QED) is 0.162. The van der Waals surface area contributed by atoms with Crippen LogP contribution >= 0.6 is 0 Å². The first-order valence-electron chi connectivity index (χ1n) is 11.2. The van der Waals surface area contributed by atoms with Crippen molar-refractivity contribution in [1.82, 2.24) is 4.90 Å². The van der Waals surface area contributed by atoms with Crippen LogP contribution in [0.1, 0.15) is 36.1 Å². The van der Waals surface area contributed by atoms with Gasteiger partial charge in [0.2, 0.25) is 0 Å². The maximum Gasteiger partial charge on any atom is 0.295 e. The molecule has 0 saturated carbocycles. The fourth-order valence-electron chi connectivity index (χ4n) is 4.09. The molecule has 1 atom stereocenters. The Morgan fingerprint density at radius 3 is 2.49 bits per heavy atom. The number of rotatable bonds is 8. The Morgan fingerprint density at radius 2 is 1.77 bits per heavy atom. The fourth-order valence-corrected chi connectivity index (χ4v) is 4.09. The number of hydrogen-bond acceptors (Lipinski definition) is 6. The third-order valence-corrected chi connectivity index (χ3v) is 5.71. The number of aliphatic hydroxyl groups is 1. The Balaban J connectivity index is 1.85. The lowest BCUT2D eigenvalue weighted by Crippen LogP contribution is -2.29. The van der Waals surface area contributed by atoms with Gasteiger partial charge in [-0.05, 0) is 29.7 Å². The molecule has 0 bridgehead atoms. The van der Waals surface area contributed by atoms with Crippen molar-refractivity contribution < 1.29 is 24.4 Å². The summed E-state index contributed by atoms with van der Waals surface area (Å²) in [5, 5.41) is 22.7. The fraction of sp³-hybridized carbons (Fsp3) is 0.185. The summed E-state index contributed by atoms with van der Waals surface area (Å²) in [6.07, 6.45) is 0.799. The molecule has 1 fully saturated rings. The van der Waals surface area contributed by atoms with Crippen LogP contribution in [-0.2, 0) is 16.1 Å². The molecule has 0 radical (unpaired) electrons. The second-order valence-electron chi connectivity index (χ2n) is 8.14. The van der Waals surface area contributed by atoms with Crippen LogP contribution in [0.25, 0.3) is 5.76 Å². The van der Waals surface area contributed by atoms with Gasteiger partial charge < -0.3 is 14.7 Å². The Bertz CT molecular complexity index is 1300. The summed E-state index contributed by atoms with van der Waals surface area (Å²) in [5.41, 5.74) is 1.14.